The molecule has 4 rings (SSSR count). The lowest BCUT2D eigenvalue weighted by Crippen LogP contribution is -2.45. The molecule has 3 aliphatic rings. The fourth-order valence-corrected chi connectivity index (χ4v) is 4.78. The first-order chi connectivity index (χ1) is 14.1. The number of fused-ring (bicyclic) bond motifs is 1. The molecule has 1 aromatic heterocycles. The van der Waals surface area contributed by atoms with Crippen molar-refractivity contribution in [3.05, 3.63) is 11.8 Å². The van der Waals surface area contributed by atoms with Crippen LogP contribution in [0.15, 0.2) is 6.07 Å². The van der Waals surface area contributed by atoms with E-state index in [4.69, 9.17) is 4.74 Å². The van der Waals surface area contributed by atoms with Gasteiger partial charge in [0.15, 0.2) is 6.04 Å². The quantitative estimate of drug-likeness (QED) is 0.756. The molecule has 0 unspecified atom stereocenters. The topological polar surface area (TPSA) is 59.4 Å². The molecule has 30 heavy (non-hydrogen) atoms. The summed E-state index contributed by atoms with van der Waals surface area (Å²) in [6.07, 6.45) is -0.816. The third-order valence-corrected chi connectivity index (χ3v) is 6.59. The third kappa shape index (κ3) is 4.05. The highest BCUT2D eigenvalue weighted by molar-refractivity contribution is 5.81. The average molecular weight is 428 g/mol. The standard InChI is InChI=1S/C21H31F3N4O2/c1-20(2,3)16-12-17(21(22,23)24)28-18(25-16)11-13(26-28)14-7-4-5-9-27(14)19(29)15-8-6-10-30-15/h11,14-17,25H,4-10,12H2,1-3H3/t14-,15-,16+,17-/m1/s1. The van der Waals surface area contributed by atoms with Gasteiger partial charge in [-0.2, -0.15) is 18.3 Å². The molecule has 0 aromatic carbocycles. The summed E-state index contributed by atoms with van der Waals surface area (Å²) in [5.41, 5.74) is 0.207. The number of piperidine rings is 1. The van der Waals surface area contributed by atoms with Crippen LogP contribution in [-0.2, 0) is 9.53 Å². The summed E-state index contributed by atoms with van der Waals surface area (Å²) in [5, 5.41) is 7.67. The normalized spacial score (nSPS) is 30.1. The van der Waals surface area contributed by atoms with Gasteiger partial charge in [0.1, 0.15) is 11.9 Å². The number of anilines is 1. The maximum Gasteiger partial charge on any atom is 0.410 e. The number of carbonyl (C=O) groups excluding carboxylic acids is 1. The van der Waals surface area contributed by atoms with E-state index in [0.717, 1.165) is 23.9 Å². The summed E-state index contributed by atoms with van der Waals surface area (Å²) < 4.78 is 48.3. The van der Waals surface area contributed by atoms with Crippen LogP contribution in [0.4, 0.5) is 19.0 Å². The van der Waals surface area contributed by atoms with E-state index in [0.29, 0.717) is 37.5 Å². The minimum atomic E-state index is -4.39. The molecule has 9 heteroatoms. The molecule has 0 radical (unpaired) electrons. The number of amides is 1. The number of halogens is 3. The predicted molar refractivity (Wildman–Crippen MR) is 106 cm³/mol. The molecule has 1 N–H and O–H groups in total. The van der Waals surface area contributed by atoms with Crippen LogP contribution in [0.25, 0.3) is 0 Å². The maximum absolute atomic E-state index is 13.9. The summed E-state index contributed by atoms with van der Waals surface area (Å²) in [7, 11) is 0. The number of hydrogen-bond donors (Lipinski definition) is 1. The molecule has 1 amide bonds. The molecule has 3 aliphatic heterocycles. The van der Waals surface area contributed by atoms with Crippen molar-refractivity contribution in [2.24, 2.45) is 5.41 Å². The third-order valence-electron chi connectivity index (χ3n) is 6.59. The lowest BCUT2D eigenvalue weighted by Gasteiger charge is -2.39. The molecule has 0 saturated carbocycles. The van der Waals surface area contributed by atoms with Gasteiger partial charge < -0.3 is 15.0 Å². The molecule has 2 fully saturated rings. The van der Waals surface area contributed by atoms with Crippen LogP contribution < -0.4 is 5.32 Å². The van der Waals surface area contributed by atoms with Crippen molar-refractivity contribution in [3.8, 4) is 0 Å². The zero-order chi connectivity index (χ0) is 21.7. The zero-order valence-electron chi connectivity index (χ0n) is 17.8. The largest absolute Gasteiger partial charge is 0.410 e. The molecule has 0 spiro atoms. The number of alkyl halides is 3. The molecule has 168 valence electrons. The molecule has 4 heterocycles. The van der Waals surface area contributed by atoms with E-state index in [1.165, 1.54) is 0 Å². The van der Waals surface area contributed by atoms with Crippen LogP contribution in [0.5, 0.6) is 0 Å². The smallest absolute Gasteiger partial charge is 0.368 e. The van der Waals surface area contributed by atoms with Crippen molar-refractivity contribution in [2.45, 2.75) is 89.7 Å². The van der Waals surface area contributed by atoms with Crippen molar-refractivity contribution in [1.82, 2.24) is 14.7 Å². The van der Waals surface area contributed by atoms with Crippen molar-refractivity contribution in [3.63, 3.8) is 0 Å². The van der Waals surface area contributed by atoms with Gasteiger partial charge >= 0.3 is 6.18 Å². The van der Waals surface area contributed by atoms with Gasteiger partial charge in [0.25, 0.3) is 5.91 Å². The van der Waals surface area contributed by atoms with Crippen molar-refractivity contribution in [1.29, 1.82) is 0 Å². The molecular weight excluding hydrogens is 397 g/mol. The highest BCUT2D eigenvalue weighted by Crippen LogP contribution is 2.44. The molecule has 0 aliphatic carbocycles. The number of rotatable bonds is 2. The monoisotopic (exact) mass is 428 g/mol. The van der Waals surface area contributed by atoms with Crippen LogP contribution in [0.1, 0.15) is 77.1 Å². The van der Waals surface area contributed by atoms with E-state index in [1.54, 1.807) is 11.0 Å². The molecule has 4 atom stereocenters. The Balaban J connectivity index is 1.65. The Morgan fingerprint density at radius 2 is 1.97 bits per heavy atom. The molecule has 0 bridgehead atoms. The number of hydrogen-bond acceptors (Lipinski definition) is 4. The van der Waals surface area contributed by atoms with Gasteiger partial charge in [-0.05, 0) is 43.9 Å². The second-order valence-electron chi connectivity index (χ2n) is 9.80. The minimum absolute atomic E-state index is 0.0592. The van der Waals surface area contributed by atoms with E-state index in [-0.39, 0.29) is 29.8 Å². The summed E-state index contributed by atoms with van der Waals surface area (Å²) in [4.78, 5) is 14.8. The highest BCUT2D eigenvalue weighted by Gasteiger charge is 2.48. The number of carbonyl (C=O) groups is 1. The number of nitrogens with zero attached hydrogens (tertiary/aromatic N) is 3. The summed E-state index contributed by atoms with van der Waals surface area (Å²) >= 11 is 0. The van der Waals surface area contributed by atoms with E-state index >= 15 is 0 Å². The minimum Gasteiger partial charge on any atom is -0.368 e. The average Bonchev–Trinajstić information content (AvgIpc) is 3.34. The second kappa shape index (κ2) is 7.73. The molecule has 6 nitrogen and oxygen atoms in total. The Labute approximate surface area is 175 Å². The predicted octanol–water partition coefficient (Wildman–Crippen LogP) is 4.45. The van der Waals surface area contributed by atoms with Gasteiger partial charge in [0, 0.05) is 25.3 Å². The van der Waals surface area contributed by atoms with E-state index in [9.17, 15) is 18.0 Å². The summed E-state index contributed by atoms with van der Waals surface area (Å²) in [6.45, 7) is 6.99. The fourth-order valence-electron chi connectivity index (χ4n) is 4.78. The van der Waals surface area contributed by atoms with Gasteiger partial charge in [-0.25, -0.2) is 4.68 Å². The summed E-state index contributed by atoms with van der Waals surface area (Å²) in [6, 6.07) is -0.588. The van der Waals surface area contributed by atoms with Crippen molar-refractivity contribution < 1.29 is 22.7 Å². The maximum atomic E-state index is 13.9. The lowest BCUT2D eigenvalue weighted by molar-refractivity contribution is -0.175. The van der Waals surface area contributed by atoms with E-state index < -0.39 is 18.3 Å². The van der Waals surface area contributed by atoms with Gasteiger partial charge in [0.2, 0.25) is 0 Å². The number of aromatic nitrogens is 2. The SMILES string of the molecule is CC(C)(C)[C@@H]1C[C@H](C(F)(F)F)n2nc([C@H]3CCCCN3C(=O)[C@H]3CCCO3)cc2N1. The second-order valence-corrected chi connectivity index (χ2v) is 9.80. The molecular formula is C21H31F3N4O2. The first-order valence-corrected chi connectivity index (χ1v) is 10.9. The van der Waals surface area contributed by atoms with Gasteiger partial charge in [0.05, 0.1) is 11.7 Å². The fraction of sp³-hybridized carbons (Fsp3) is 0.810. The van der Waals surface area contributed by atoms with Crippen molar-refractivity contribution in [2.75, 3.05) is 18.5 Å². The molecule has 2 saturated heterocycles. The Morgan fingerprint density at radius 3 is 2.60 bits per heavy atom. The first-order valence-electron chi connectivity index (χ1n) is 10.9. The highest BCUT2D eigenvalue weighted by atomic mass is 19.4. The van der Waals surface area contributed by atoms with Crippen LogP contribution in [0.2, 0.25) is 0 Å². The number of nitrogens with one attached hydrogen (secondary N) is 1. The van der Waals surface area contributed by atoms with E-state index in [1.807, 2.05) is 20.8 Å². The van der Waals surface area contributed by atoms with Crippen LogP contribution in [0, 0.1) is 5.41 Å². The number of ether oxygens (including phenoxy) is 1. The Bertz CT molecular complexity index is 780. The Morgan fingerprint density at radius 1 is 1.20 bits per heavy atom. The Hall–Kier alpha value is -1.77. The van der Waals surface area contributed by atoms with Gasteiger partial charge in [-0.1, -0.05) is 20.8 Å². The van der Waals surface area contributed by atoms with Crippen LogP contribution in [-0.4, -0.2) is 52.1 Å². The van der Waals surface area contributed by atoms with Crippen LogP contribution >= 0.6 is 0 Å². The van der Waals surface area contributed by atoms with Crippen LogP contribution in [0.3, 0.4) is 0 Å². The zero-order valence-corrected chi connectivity index (χ0v) is 17.8. The van der Waals surface area contributed by atoms with Crippen molar-refractivity contribution >= 4 is 11.7 Å². The summed E-state index contributed by atoms with van der Waals surface area (Å²) in [5.74, 6) is 0.324. The lowest BCUT2D eigenvalue weighted by atomic mass is 9.82. The number of likely N-dealkylation sites (tertiary alicyclic amines) is 1. The first kappa shape index (κ1) is 21.5. The Kier molecular flexibility index (Phi) is 5.53. The van der Waals surface area contributed by atoms with Gasteiger partial charge in [-0.3, -0.25) is 4.79 Å². The molecule has 1 aromatic rings. The van der Waals surface area contributed by atoms with Gasteiger partial charge in [-0.15, -0.1) is 0 Å². The van der Waals surface area contributed by atoms with E-state index in [2.05, 4.69) is 10.4 Å².